The quantitative estimate of drug-likeness (QED) is 0.810. The summed E-state index contributed by atoms with van der Waals surface area (Å²) in [5.41, 5.74) is 0.338. The first-order chi connectivity index (χ1) is 12.2. The number of nitrogens with zero attached hydrogens (tertiary/aromatic N) is 2. The zero-order chi connectivity index (χ0) is 19.1. The molecule has 26 heavy (non-hydrogen) atoms. The number of nitrogens with one attached hydrogen (secondary N) is 1. The van der Waals surface area contributed by atoms with E-state index >= 15 is 0 Å². The van der Waals surface area contributed by atoms with E-state index in [0.717, 1.165) is 14.5 Å². The maximum absolute atomic E-state index is 13.3. The van der Waals surface area contributed by atoms with Gasteiger partial charge in [-0.15, -0.1) is 0 Å². The van der Waals surface area contributed by atoms with Crippen molar-refractivity contribution >= 4 is 32.6 Å². The van der Waals surface area contributed by atoms with Gasteiger partial charge in [-0.3, -0.25) is 9.59 Å². The Labute approximate surface area is 157 Å². The average Bonchev–Trinajstić information content (AvgIpc) is 2.88. The molecule has 1 aliphatic carbocycles. The van der Waals surface area contributed by atoms with Crippen molar-refractivity contribution in [3.63, 3.8) is 0 Å². The summed E-state index contributed by atoms with van der Waals surface area (Å²) in [5.74, 6) is -3.16. The Kier molecular flexibility index (Phi) is 5.14. The summed E-state index contributed by atoms with van der Waals surface area (Å²) >= 11 is 3.40. The van der Waals surface area contributed by atoms with Gasteiger partial charge in [0.1, 0.15) is 6.54 Å². The highest BCUT2D eigenvalue weighted by atomic mass is 79.9. The van der Waals surface area contributed by atoms with Gasteiger partial charge in [0, 0.05) is 28.7 Å². The van der Waals surface area contributed by atoms with Gasteiger partial charge in [-0.05, 0) is 30.5 Å². The third kappa shape index (κ3) is 3.95. The molecule has 0 spiro atoms. The molecule has 1 N–H and O–H groups in total. The first-order valence-electron chi connectivity index (χ1n) is 8.54. The summed E-state index contributed by atoms with van der Waals surface area (Å²) in [6, 6.07) is 4.73. The van der Waals surface area contributed by atoms with E-state index in [1.165, 1.54) is 0 Å². The Balaban J connectivity index is 1.88. The summed E-state index contributed by atoms with van der Waals surface area (Å²) < 4.78 is 28.5. The van der Waals surface area contributed by atoms with E-state index < -0.39 is 17.9 Å². The molecule has 1 fully saturated rings. The van der Waals surface area contributed by atoms with Crippen molar-refractivity contribution in [3.8, 4) is 0 Å². The number of carbonyl (C=O) groups is 1. The fourth-order valence-electron chi connectivity index (χ4n) is 3.30. The third-order valence-electron chi connectivity index (χ3n) is 4.56. The molecule has 1 unspecified atom stereocenters. The number of fused-ring (bicyclic) bond motifs is 1. The molecule has 140 valence electrons. The van der Waals surface area contributed by atoms with Gasteiger partial charge in [-0.25, -0.2) is 13.5 Å². The second-order valence-electron chi connectivity index (χ2n) is 7.06. The van der Waals surface area contributed by atoms with E-state index in [-0.39, 0.29) is 37.3 Å². The first-order valence-corrected chi connectivity index (χ1v) is 9.33. The molecule has 0 aliphatic heterocycles. The van der Waals surface area contributed by atoms with Crippen molar-refractivity contribution in [1.29, 1.82) is 0 Å². The van der Waals surface area contributed by atoms with Crippen LogP contribution in [0.15, 0.2) is 27.5 Å². The topological polar surface area (TPSA) is 64.0 Å². The van der Waals surface area contributed by atoms with Crippen LogP contribution in [0.3, 0.4) is 0 Å². The number of hydrogen-bond acceptors (Lipinski definition) is 3. The van der Waals surface area contributed by atoms with Crippen molar-refractivity contribution in [2.24, 2.45) is 0 Å². The van der Waals surface area contributed by atoms with Gasteiger partial charge < -0.3 is 5.32 Å². The van der Waals surface area contributed by atoms with Crippen LogP contribution in [0.25, 0.3) is 10.8 Å². The predicted molar refractivity (Wildman–Crippen MR) is 98.5 cm³/mol. The largest absolute Gasteiger partial charge is 0.352 e. The average molecular weight is 428 g/mol. The molecule has 1 aromatic heterocycles. The molecular weight excluding hydrogens is 408 g/mol. The lowest BCUT2D eigenvalue weighted by Gasteiger charge is -2.15. The third-order valence-corrected chi connectivity index (χ3v) is 5.05. The molecule has 1 atom stereocenters. The summed E-state index contributed by atoms with van der Waals surface area (Å²) in [6.07, 6.45) is -0.341. The molecule has 3 rings (SSSR count). The molecule has 1 saturated carbocycles. The van der Waals surface area contributed by atoms with Crippen LogP contribution in [-0.2, 0) is 11.3 Å². The van der Waals surface area contributed by atoms with Crippen LogP contribution in [0.4, 0.5) is 8.78 Å². The minimum atomic E-state index is -2.73. The molecule has 0 bridgehead atoms. The number of amides is 1. The van der Waals surface area contributed by atoms with E-state index in [4.69, 9.17) is 0 Å². The van der Waals surface area contributed by atoms with E-state index in [1.54, 1.807) is 12.1 Å². The SMILES string of the molecule is CC(C)c1nn(CC(=O)NC2CCC(F)(F)C2)c(=O)c2ccc(Br)cc12. The van der Waals surface area contributed by atoms with E-state index in [0.29, 0.717) is 11.1 Å². The van der Waals surface area contributed by atoms with Crippen LogP contribution in [0.5, 0.6) is 0 Å². The number of benzene rings is 1. The smallest absolute Gasteiger partial charge is 0.275 e. The van der Waals surface area contributed by atoms with Crippen LogP contribution in [-0.4, -0.2) is 27.7 Å². The van der Waals surface area contributed by atoms with Crippen LogP contribution in [0, 0.1) is 0 Å². The van der Waals surface area contributed by atoms with E-state index in [1.807, 2.05) is 19.9 Å². The molecule has 0 radical (unpaired) electrons. The second kappa shape index (κ2) is 7.06. The highest BCUT2D eigenvalue weighted by molar-refractivity contribution is 9.10. The van der Waals surface area contributed by atoms with Gasteiger partial charge >= 0.3 is 0 Å². The summed E-state index contributed by atoms with van der Waals surface area (Å²) in [6.45, 7) is 3.63. The van der Waals surface area contributed by atoms with Crippen LogP contribution >= 0.6 is 15.9 Å². The predicted octanol–water partition coefficient (Wildman–Crippen LogP) is 3.59. The maximum atomic E-state index is 13.3. The number of rotatable bonds is 4. The molecule has 1 aliphatic rings. The van der Waals surface area contributed by atoms with Crippen LogP contribution in [0.1, 0.15) is 44.7 Å². The van der Waals surface area contributed by atoms with Crippen molar-refractivity contribution in [3.05, 3.63) is 38.7 Å². The molecule has 0 saturated heterocycles. The Bertz CT molecular complexity index is 911. The highest BCUT2D eigenvalue weighted by Crippen LogP contribution is 2.34. The summed E-state index contributed by atoms with van der Waals surface area (Å²) in [5, 5.41) is 8.17. The maximum Gasteiger partial charge on any atom is 0.275 e. The van der Waals surface area contributed by atoms with Gasteiger partial charge in [0.2, 0.25) is 11.8 Å². The molecule has 2 aromatic rings. The Morgan fingerprint density at radius 1 is 1.42 bits per heavy atom. The summed E-state index contributed by atoms with van der Waals surface area (Å²) in [4.78, 5) is 24.9. The summed E-state index contributed by atoms with van der Waals surface area (Å²) in [7, 11) is 0. The normalized spacial score (nSPS) is 19.2. The van der Waals surface area contributed by atoms with Crippen molar-refractivity contribution in [2.45, 2.75) is 57.5 Å². The molecule has 5 nitrogen and oxygen atoms in total. The molecule has 1 heterocycles. The molecule has 1 amide bonds. The Hall–Kier alpha value is -1.83. The van der Waals surface area contributed by atoms with Gasteiger partial charge in [0.05, 0.1) is 11.1 Å². The number of alkyl halides is 2. The standard InChI is InChI=1S/C18H20BrF2N3O2/c1-10(2)16-14-7-11(19)3-4-13(14)17(26)24(23-16)9-15(25)22-12-5-6-18(20,21)8-12/h3-4,7,10,12H,5-6,8-9H2,1-2H3,(H,22,25). The molecule has 1 aromatic carbocycles. The Morgan fingerprint density at radius 3 is 2.77 bits per heavy atom. The van der Waals surface area contributed by atoms with Crippen LogP contribution < -0.4 is 10.9 Å². The van der Waals surface area contributed by atoms with Gasteiger partial charge in [0.25, 0.3) is 5.56 Å². The zero-order valence-electron chi connectivity index (χ0n) is 14.6. The van der Waals surface area contributed by atoms with Gasteiger partial charge in [0.15, 0.2) is 0 Å². The number of aromatic nitrogens is 2. The number of hydrogen-bond donors (Lipinski definition) is 1. The van der Waals surface area contributed by atoms with Gasteiger partial charge in [-0.1, -0.05) is 29.8 Å². The Morgan fingerprint density at radius 2 is 2.15 bits per heavy atom. The zero-order valence-corrected chi connectivity index (χ0v) is 16.1. The van der Waals surface area contributed by atoms with Crippen molar-refractivity contribution < 1.29 is 13.6 Å². The first kappa shape index (κ1) is 18.9. The fourth-order valence-corrected chi connectivity index (χ4v) is 3.66. The van der Waals surface area contributed by atoms with Gasteiger partial charge in [-0.2, -0.15) is 5.10 Å². The molecule has 8 heteroatoms. The number of carbonyl (C=O) groups excluding carboxylic acids is 1. The minimum Gasteiger partial charge on any atom is -0.352 e. The fraction of sp³-hybridized carbons (Fsp3) is 0.500. The highest BCUT2D eigenvalue weighted by Gasteiger charge is 2.39. The second-order valence-corrected chi connectivity index (χ2v) is 7.97. The number of halogens is 3. The van der Waals surface area contributed by atoms with E-state index in [2.05, 4.69) is 26.3 Å². The minimum absolute atomic E-state index is 0.0511. The lowest BCUT2D eigenvalue weighted by molar-refractivity contribution is -0.122. The lowest BCUT2D eigenvalue weighted by atomic mass is 10.0. The molecular formula is C18H20BrF2N3O2. The lowest BCUT2D eigenvalue weighted by Crippen LogP contribution is -2.39. The van der Waals surface area contributed by atoms with Crippen molar-refractivity contribution in [1.82, 2.24) is 15.1 Å². The van der Waals surface area contributed by atoms with Crippen molar-refractivity contribution in [2.75, 3.05) is 0 Å². The van der Waals surface area contributed by atoms with E-state index in [9.17, 15) is 18.4 Å². The van der Waals surface area contributed by atoms with Crippen LogP contribution in [0.2, 0.25) is 0 Å². The monoisotopic (exact) mass is 427 g/mol.